The van der Waals surface area contributed by atoms with E-state index in [-0.39, 0.29) is 13.0 Å². The van der Waals surface area contributed by atoms with E-state index in [1.54, 1.807) is 0 Å². The molecule has 1 aromatic heterocycles. The maximum Gasteiger partial charge on any atom is 0.392 e. The first kappa shape index (κ1) is 17.5. The van der Waals surface area contributed by atoms with Crippen LogP contribution in [0.4, 0.5) is 19.0 Å². The van der Waals surface area contributed by atoms with Crippen molar-refractivity contribution < 1.29 is 18.3 Å². The number of aliphatic hydroxyl groups excluding tert-OH is 1. The molecule has 0 bridgehead atoms. The zero-order valence-electron chi connectivity index (χ0n) is 13.7. The lowest BCUT2D eigenvalue weighted by molar-refractivity contribution is -0.195. The van der Waals surface area contributed by atoms with Crippen molar-refractivity contribution >= 4 is 5.82 Å². The highest BCUT2D eigenvalue weighted by atomic mass is 19.4. The van der Waals surface area contributed by atoms with Gasteiger partial charge in [0.25, 0.3) is 0 Å². The molecule has 1 aliphatic carbocycles. The van der Waals surface area contributed by atoms with Gasteiger partial charge in [0.15, 0.2) is 0 Å². The van der Waals surface area contributed by atoms with E-state index in [0.29, 0.717) is 18.3 Å². The number of nitrogens with zero attached hydrogens (tertiary/aromatic N) is 3. The van der Waals surface area contributed by atoms with Gasteiger partial charge < -0.3 is 10.0 Å². The van der Waals surface area contributed by atoms with Crippen LogP contribution in [0.2, 0.25) is 0 Å². The lowest BCUT2D eigenvalue weighted by atomic mass is 9.85. The highest BCUT2D eigenvalue weighted by Crippen LogP contribution is 2.39. The van der Waals surface area contributed by atoms with E-state index in [9.17, 15) is 18.3 Å². The lowest BCUT2D eigenvalue weighted by Crippen LogP contribution is -2.47. The van der Waals surface area contributed by atoms with Crippen LogP contribution in [-0.4, -0.2) is 40.9 Å². The fourth-order valence-electron chi connectivity index (χ4n) is 4.01. The number of hydrogen-bond acceptors (Lipinski definition) is 4. The standard InChI is InChI=1S/C17H24F3N3O/c18-17(19,20)14-6-7-23(9-13(14)10-24)16-8-15(21-11-22-16)12-4-2-1-3-5-12/h8,11-14,24H,1-7,9-10H2. The zero-order valence-corrected chi connectivity index (χ0v) is 13.7. The van der Waals surface area contributed by atoms with Crippen molar-refractivity contribution in [2.75, 3.05) is 24.6 Å². The predicted molar refractivity (Wildman–Crippen MR) is 84.8 cm³/mol. The van der Waals surface area contributed by atoms with Crippen LogP contribution >= 0.6 is 0 Å². The number of anilines is 1. The summed E-state index contributed by atoms with van der Waals surface area (Å²) < 4.78 is 39.2. The lowest BCUT2D eigenvalue weighted by Gasteiger charge is -2.39. The molecular formula is C17H24F3N3O. The monoisotopic (exact) mass is 343 g/mol. The normalized spacial score (nSPS) is 26.6. The molecule has 2 atom stereocenters. The Hall–Kier alpha value is -1.37. The van der Waals surface area contributed by atoms with Crippen molar-refractivity contribution in [1.82, 2.24) is 9.97 Å². The third-order valence-electron chi connectivity index (χ3n) is 5.41. The van der Waals surface area contributed by atoms with Crippen molar-refractivity contribution in [3.8, 4) is 0 Å². The first-order valence-electron chi connectivity index (χ1n) is 8.73. The Labute approximate surface area is 140 Å². The highest BCUT2D eigenvalue weighted by Gasteiger charge is 2.46. The molecule has 2 aliphatic rings. The summed E-state index contributed by atoms with van der Waals surface area (Å²) in [7, 11) is 0. The second-order valence-corrected chi connectivity index (χ2v) is 6.96. The van der Waals surface area contributed by atoms with Crippen LogP contribution in [-0.2, 0) is 0 Å². The molecule has 1 saturated heterocycles. The molecule has 0 aromatic carbocycles. The van der Waals surface area contributed by atoms with Gasteiger partial charge in [0.1, 0.15) is 12.1 Å². The van der Waals surface area contributed by atoms with E-state index in [0.717, 1.165) is 18.5 Å². The average Bonchev–Trinajstić information content (AvgIpc) is 2.61. The first-order valence-corrected chi connectivity index (χ1v) is 8.73. The molecule has 7 heteroatoms. The number of alkyl halides is 3. The van der Waals surface area contributed by atoms with Gasteiger partial charge in [0.2, 0.25) is 0 Å². The molecule has 3 rings (SSSR count). The molecule has 2 heterocycles. The first-order chi connectivity index (χ1) is 11.5. The summed E-state index contributed by atoms with van der Waals surface area (Å²) in [5, 5.41) is 9.39. The summed E-state index contributed by atoms with van der Waals surface area (Å²) in [5.74, 6) is -1.11. The molecule has 2 unspecified atom stereocenters. The molecule has 1 N–H and O–H groups in total. The molecule has 24 heavy (non-hydrogen) atoms. The molecule has 2 fully saturated rings. The summed E-state index contributed by atoms with van der Waals surface area (Å²) in [6, 6.07) is 1.93. The van der Waals surface area contributed by atoms with Crippen LogP contribution in [0.25, 0.3) is 0 Å². The average molecular weight is 343 g/mol. The van der Waals surface area contributed by atoms with Gasteiger partial charge in [-0.05, 0) is 19.3 Å². The van der Waals surface area contributed by atoms with Crippen molar-refractivity contribution in [3.63, 3.8) is 0 Å². The van der Waals surface area contributed by atoms with E-state index in [1.165, 1.54) is 25.6 Å². The van der Waals surface area contributed by atoms with Gasteiger partial charge >= 0.3 is 6.18 Å². The van der Waals surface area contributed by atoms with Gasteiger partial charge in [-0.2, -0.15) is 13.2 Å². The van der Waals surface area contributed by atoms with Crippen LogP contribution < -0.4 is 4.90 Å². The summed E-state index contributed by atoms with van der Waals surface area (Å²) >= 11 is 0. The molecular weight excluding hydrogens is 319 g/mol. The van der Waals surface area contributed by atoms with Crippen molar-refractivity contribution in [1.29, 1.82) is 0 Å². The topological polar surface area (TPSA) is 49.2 Å². The van der Waals surface area contributed by atoms with Crippen LogP contribution in [0.1, 0.15) is 50.1 Å². The van der Waals surface area contributed by atoms with Gasteiger partial charge in [-0.1, -0.05) is 19.3 Å². The number of halogens is 3. The smallest absolute Gasteiger partial charge is 0.392 e. The minimum atomic E-state index is -4.25. The summed E-state index contributed by atoms with van der Waals surface area (Å²) in [6.07, 6.45) is 3.16. The number of aromatic nitrogens is 2. The molecule has 134 valence electrons. The van der Waals surface area contributed by atoms with Crippen molar-refractivity contribution in [2.45, 2.75) is 50.6 Å². The van der Waals surface area contributed by atoms with Gasteiger partial charge in [0, 0.05) is 43.3 Å². The Morgan fingerprint density at radius 3 is 2.54 bits per heavy atom. The summed E-state index contributed by atoms with van der Waals surface area (Å²) in [6.45, 7) is 0.0326. The van der Waals surface area contributed by atoms with Gasteiger partial charge in [-0.25, -0.2) is 9.97 Å². The molecule has 1 aromatic rings. The van der Waals surface area contributed by atoms with E-state index in [2.05, 4.69) is 9.97 Å². The van der Waals surface area contributed by atoms with Crippen molar-refractivity contribution in [2.24, 2.45) is 11.8 Å². The molecule has 1 aliphatic heterocycles. The predicted octanol–water partition coefficient (Wildman–Crippen LogP) is 3.52. The molecule has 1 saturated carbocycles. The van der Waals surface area contributed by atoms with E-state index in [4.69, 9.17) is 0 Å². The maximum atomic E-state index is 13.1. The highest BCUT2D eigenvalue weighted by molar-refractivity contribution is 5.40. The van der Waals surface area contributed by atoms with E-state index < -0.39 is 24.6 Å². The zero-order chi connectivity index (χ0) is 17.2. The van der Waals surface area contributed by atoms with E-state index in [1.807, 2.05) is 11.0 Å². The molecule has 0 radical (unpaired) electrons. The Morgan fingerprint density at radius 1 is 1.12 bits per heavy atom. The summed E-state index contributed by atoms with van der Waals surface area (Å²) in [5.41, 5.74) is 0.998. The third kappa shape index (κ3) is 3.82. The van der Waals surface area contributed by atoms with Crippen LogP contribution in [0.3, 0.4) is 0 Å². The maximum absolute atomic E-state index is 13.1. The fraction of sp³-hybridized carbons (Fsp3) is 0.765. The van der Waals surface area contributed by atoms with Crippen LogP contribution in [0.5, 0.6) is 0 Å². The SMILES string of the molecule is OCC1CN(c2cc(C3CCCCC3)ncn2)CCC1C(F)(F)F. The van der Waals surface area contributed by atoms with Gasteiger partial charge in [-0.3, -0.25) is 0 Å². The minimum absolute atomic E-state index is 0.00249. The van der Waals surface area contributed by atoms with Crippen LogP contribution in [0.15, 0.2) is 12.4 Å². The Balaban J connectivity index is 1.73. The van der Waals surface area contributed by atoms with Crippen molar-refractivity contribution in [3.05, 3.63) is 18.1 Å². The quantitative estimate of drug-likeness (QED) is 0.912. The fourth-order valence-corrected chi connectivity index (χ4v) is 4.01. The number of piperidine rings is 1. The second-order valence-electron chi connectivity index (χ2n) is 6.96. The van der Waals surface area contributed by atoms with Gasteiger partial charge in [-0.15, -0.1) is 0 Å². The second kappa shape index (κ2) is 7.25. The number of hydrogen-bond donors (Lipinski definition) is 1. The Morgan fingerprint density at radius 2 is 1.88 bits per heavy atom. The molecule has 0 spiro atoms. The molecule has 4 nitrogen and oxygen atoms in total. The third-order valence-corrected chi connectivity index (χ3v) is 5.41. The minimum Gasteiger partial charge on any atom is -0.396 e. The Bertz CT molecular complexity index is 546. The Kier molecular flexibility index (Phi) is 5.27. The number of rotatable bonds is 3. The largest absolute Gasteiger partial charge is 0.396 e. The van der Waals surface area contributed by atoms with Crippen LogP contribution in [0, 0.1) is 11.8 Å². The molecule has 0 amide bonds. The van der Waals surface area contributed by atoms with E-state index >= 15 is 0 Å². The van der Waals surface area contributed by atoms with Gasteiger partial charge in [0.05, 0.1) is 5.92 Å². The summed E-state index contributed by atoms with van der Waals surface area (Å²) in [4.78, 5) is 10.5. The number of aliphatic hydroxyl groups is 1.